The minimum absolute atomic E-state index is 0.398. The fraction of sp³-hybridized carbons (Fsp3) is 0.429. The maximum Gasteiger partial charge on any atom is 0.316 e. The van der Waals surface area contributed by atoms with Crippen molar-refractivity contribution in [3.05, 3.63) is 76.9 Å². The number of thiocarbonyl (C=S) groups is 1. The summed E-state index contributed by atoms with van der Waals surface area (Å²) in [6.45, 7) is 18.0. The molecule has 0 aliphatic heterocycles. The number of hydrogen-bond acceptors (Lipinski definition) is 1. The van der Waals surface area contributed by atoms with Gasteiger partial charge in [0.25, 0.3) is 0 Å². The van der Waals surface area contributed by atoms with Crippen molar-refractivity contribution in [1.82, 2.24) is 4.57 Å². The molecule has 0 radical (unpaired) electrons. The Morgan fingerprint density at radius 3 is 1.53 bits per heavy atom. The number of nitrogens with zero attached hydrogens (tertiary/aromatic N) is 2. The van der Waals surface area contributed by atoms with Crippen molar-refractivity contribution in [2.45, 2.75) is 79.1 Å². The summed E-state index contributed by atoms with van der Waals surface area (Å²) in [4.78, 5) is 0. The second-order valence-corrected chi connectivity index (χ2v) is 11.0. The van der Waals surface area contributed by atoms with Gasteiger partial charge in [-0.25, -0.2) is 0 Å². The molecule has 0 N–H and O–H groups in total. The number of benzene rings is 2. The van der Waals surface area contributed by atoms with E-state index in [1.807, 2.05) is 0 Å². The molecule has 3 aromatic rings. The topological polar surface area (TPSA) is 8.81 Å². The minimum Gasteiger partial charge on any atom is -0.193 e. The second-order valence-electron chi connectivity index (χ2n) is 9.86. The van der Waals surface area contributed by atoms with Crippen molar-refractivity contribution < 1.29 is 4.57 Å². The lowest BCUT2D eigenvalue weighted by Crippen LogP contribution is -2.38. The lowest BCUT2D eigenvalue weighted by Gasteiger charge is -2.19. The fourth-order valence-corrected chi connectivity index (χ4v) is 4.95. The standard InChI is InChI=1S/C28H36N2S2/c1-17(2)21-11-9-12-22(18(3)4)25(21)29-15-16-30(27(29)28(31)32)26-23(19(5)6)13-10-14-24(26)20(7)8/h9-20H,1-8H3/p+1. The molecule has 32 heavy (non-hydrogen) atoms. The van der Waals surface area contributed by atoms with E-state index in [4.69, 9.17) is 24.8 Å². The van der Waals surface area contributed by atoms with Crippen molar-refractivity contribution >= 4 is 29.0 Å². The van der Waals surface area contributed by atoms with E-state index in [9.17, 15) is 0 Å². The SMILES string of the molecule is CC(C)c1cccc(C(C)C)c1-n1cc[n+](-c2c(C(C)C)cccc2C(C)C)c1C(=S)S. The highest BCUT2D eigenvalue weighted by Gasteiger charge is 2.30. The molecule has 2 nitrogen and oxygen atoms in total. The number of para-hydroxylation sites is 2. The number of rotatable bonds is 7. The molecule has 3 rings (SSSR count). The Morgan fingerprint density at radius 1 is 0.750 bits per heavy atom. The Hall–Kier alpha value is -1.91. The predicted octanol–water partition coefficient (Wildman–Crippen LogP) is 7.85. The van der Waals surface area contributed by atoms with E-state index in [1.165, 1.54) is 33.6 Å². The molecular weight excluding hydrogens is 428 g/mol. The molecule has 4 heteroatoms. The van der Waals surface area contributed by atoms with E-state index in [0.717, 1.165) is 5.82 Å². The molecular formula is C28H37N2S2+. The highest BCUT2D eigenvalue weighted by atomic mass is 32.1. The van der Waals surface area contributed by atoms with E-state index >= 15 is 0 Å². The zero-order valence-corrected chi connectivity index (χ0v) is 22.4. The van der Waals surface area contributed by atoms with Gasteiger partial charge in [0.2, 0.25) is 0 Å². The Bertz CT molecular complexity index is 987. The van der Waals surface area contributed by atoms with Crippen LogP contribution >= 0.6 is 24.8 Å². The normalized spacial score (nSPS) is 11.9. The Kier molecular flexibility index (Phi) is 7.67. The van der Waals surface area contributed by atoms with Crippen LogP contribution in [-0.4, -0.2) is 8.76 Å². The predicted molar refractivity (Wildman–Crippen MR) is 144 cm³/mol. The minimum atomic E-state index is 0.398. The fourth-order valence-electron chi connectivity index (χ4n) is 4.54. The first kappa shape index (κ1) is 24.7. The summed E-state index contributed by atoms with van der Waals surface area (Å²) in [7, 11) is 0. The molecule has 0 amide bonds. The lowest BCUT2D eigenvalue weighted by molar-refractivity contribution is -0.597. The van der Waals surface area contributed by atoms with Gasteiger partial charge in [-0.2, -0.15) is 9.13 Å². The maximum absolute atomic E-state index is 5.75. The van der Waals surface area contributed by atoms with Crippen LogP contribution in [-0.2, 0) is 0 Å². The molecule has 0 fully saturated rings. The van der Waals surface area contributed by atoms with Crippen LogP contribution in [0.2, 0.25) is 0 Å². The number of hydrogen-bond donors (Lipinski definition) is 1. The molecule has 0 unspecified atom stereocenters. The molecule has 0 aliphatic carbocycles. The summed E-state index contributed by atoms with van der Waals surface area (Å²) in [5, 5.41) is 0. The molecule has 0 saturated carbocycles. The van der Waals surface area contributed by atoms with Gasteiger partial charge in [0.15, 0.2) is 4.20 Å². The van der Waals surface area contributed by atoms with Crippen LogP contribution in [0.1, 0.15) is 107 Å². The van der Waals surface area contributed by atoms with E-state index in [2.05, 4.69) is 113 Å². The summed E-state index contributed by atoms with van der Waals surface area (Å²) >= 11 is 10.5. The zero-order chi connectivity index (χ0) is 23.7. The average molecular weight is 466 g/mol. The molecule has 1 aromatic heterocycles. The van der Waals surface area contributed by atoms with Crippen LogP contribution in [0.5, 0.6) is 0 Å². The summed E-state index contributed by atoms with van der Waals surface area (Å²) < 4.78 is 5.12. The van der Waals surface area contributed by atoms with Gasteiger partial charge in [0.05, 0.1) is 0 Å². The Labute approximate surface area is 205 Å². The van der Waals surface area contributed by atoms with Crippen LogP contribution in [0.15, 0.2) is 48.8 Å². The number of aromatic nitrogens is 2. The average Bonchev–Trinajstić information content (AvgIpc) is 3.17. The summed E-state index contributed by atoms with van der Waals surface area (Å²) in [5.74, 6) is 2.53. The van der Waals surface area contributed by atoms with Crippen molar-refractivity contribution in [2.75, 3.05) is 0 Å². The van der Waals surface area contributed by atoms with Crippen molar-refractivity contribution in [3.8, 4) is 11.4 Å². The van der Waals surface area contributed by atoms with E-state index in [1.54, 1.807) is 0 Å². The van der Waals surface area contributed by atoms with Gasteiger partial charge in [-0.1, -0.05) is 104 Å². The van der Waals surface area contributed by atoms with Gasteiger partial charge in [-0.05, 0) is 23.7 Å². The third-order valence-electron chi connectivity index (χ3n) is 6.18. The monoisotopic (exact) mass is 465 g/mol. The third-order valence-corrected chi connectivity index (χ3v) is 6.56. The van der Waals surface area contributed by atoms with E-state index in [-0.39, 0.29) is 0 Å². The van der Waals surface area contributed by atoms with Crippen LogP contribution in [0.4, 0.5) is 0 Å². The molecule has 0 atom stereocenters. The number of thiol groups is 1. The third kappa shape index (κ3) is 4.58. The Balaban J connectivity index is 2.43. The molecule has 1 heterocycles. The first-order valence-corrected chi connectivity index (χ1v) is 12.5. The molecule has 0 aliphatic rings. The Morgan fingerprint density at radius 2 is 1.16 bits per heavy atom. The molecule has 170 valence electrons. The largest absolute Gasteiger partial charge is 0.316 e. The van der Waals surface area contributed by atoms with Gasteiger partial charge in [-0.15, -0.1) is 12.6 Å². The van der Waals surface area contributed by atoms with Crippen LogP contribution in [0, 0.1) is 0 Å². The van der Waals surface area contributed by atoms with Gasteiger partial charge >= 0.3 is 5.82 Å². The number of imidazole rings is 1. The van der Waals surface area contributed by atoms with Crippen LogP contribution < -0.4 is 4.57 Å². The smallest absolute Gasteiger partial charge is 0.193 e. The molecule has 2 aromatic carbocycles. The maximum atomic E-state index is 5.75. The first-order valence-electron chi connectivity index (χ1n) is 11.7. The van der Waals surface area contributed by atoms with Gasteiger partial charge in [0.1, 0.15) is 23.8 Å². The van der Waals surface area contributed by atoms with E-state index in [0.29, 0.717) is 27.9 Å². The van der Waals surface area contributed by atoms with Crippen molar-refractivity contribution in [1.29, 1.82) is 0 Å². The second kappa shape index (κ2) is 9.93. The molecule has 0 bridgehead atoms. The van der Waals surface area contributed by atoms with Crippen molar-refractivity contribution in [2.24, 2.45) is 0 Å². The summed E-state index contributed by atoms with van der Waals surface area (Å²) in [6, 6.07) is 13.3. The van der Waals surface area contributed by atoms with E-state index < -0.39 is 0 Å². The van der Waals surface area contributed by atoms with Crippen molar-refractivity contribution in [3.63, 3.8) is 0 Å². The van der Waals surface area contributed by atoms with Gasteiger partial charge in [-0.3, -0.25) is 0 Å². The summed E-state index contributed by atoms with van der Waals surface area (Å²) in [6.07, 6.45) is 4.32. The molecule has 0 spiro atoms. The molecule has 0 saturated heterocycles. The quantitative estimate of drug-likeness (QED) is 0.212. The lowest BCUT2D eigenvalue weighted by atomic mass is 9.92. The van der Waals surface area contributed by atoms with Gasteiger partial charge < -0.3 is 0 Å². The first-order chi connectivity index (χ1) is 15.1. The van der Waals surface area contributed by atoms with Crippen LogP contribution in [0.3, 0.4) is 0 Å². The summed E-state index contributed by atoms with van der Waals surface area (Å²) in [5.41, 5.74) is 7.76. The highest BCUT2D eigenvalue weighted by Crippen LogP contribution is 2.33. The zero-order valence-electron chi connectivity index (χ0n) is 20.7. The van der Waals surface area contributed by atoms with Gasteiger partial charge in [0, 0.05) is 22.3 Å². The van der Waals surface area contributed by atoms with Crippen LogP contribution in [0.25, 0.3) is 11.4 Å². The highest BCUT2D eigenvalue weighted by molar-refractivity contribution is 8.11.